The average Bonchev–Trinajstić information content (AvgIpc) is 2.87. The Hall–Kier alpha value is -1.61. The van der Waals surface area contributed by atoms with Crippen LogP contribution in [-0.2, 0) is 19.4 Å². The predicted octanol–water partition coefficient (Wildman–Crippen LogP) is 3.33. The van der Waals surface area contributed by atoms with Gasteiger partial charge < -0.3 is 9.73 Å². The lowest BCUT2D eigenvalue weighted by Crippen LogP contribution is -2.14. The van der Waals surface area contributed by atoms with Gasteiger partial charge in [0.15, 0.2) is 0 Å². The van der Waals surface area contributed by atoms with Gasteiger partial charge in [-0.2, -0.15) is 0 Å². The molecule has 0 saturated heterocycles. The van der Waals surface area contributed by atoms with E-state index in [1.165, 1.54) is 11.1 Å². The smallest absolute Gasteiger partial charge is 0.121 e. The molecule has 2 aromatic heterocycles. The highest BCUT2D eigenvalue weighted by atomic mass is 16.3. The van der Waals surface area contributed by atoms with E-state index in [0.717, 1.165) is 43.8 Å². The summed E-state index contributed by atoms with van der Waals surface area (Å²) >= 11 is 0. The number of nitrogens with one attached hydrogen (secondary N) is 1. The second-order valence-electron chi connectivity index (χ2n) is 4.73. The number of hydrogen-bond donors (Lipinski definition) is 1. The monoisotopic (exact) mass is 258 g/mol. The van der Waals surface area contributed by atoms with Crippen molar-refractivity contribution >= 4 is 0 Å². The number of aromatic nitrogens is 1. The maximum Gasteiger partial charge on any atom is 0.121 e. The maximum absolute atomic E-state index is 5.54. The Morgan fingerprint density at radius 2 is 2.11 bits per heavy atom. The summed E-state index contributed by atoms with van der Waals surface area (Å²) in [4.78, 5) is 4.50. The van der Waals surface area contributed by atoms with Gasteiger partial charge in [0.1, 0.15) is 5.76 Å². The lowest BCUT2D eigenvalue weighted by Gasteiger charge is -2.04. The zero-order valence-electron chi connectivity index (χ0n) is 11.8. The highest BCUT2D eigenvalue weighted by Gasteiger charge is 2.07. The van der Waals surface area contributed by atoms with Gasteiger partial charge in [-0.15, -0.1) is 0 Å². The summed E-state index contributed by atoms with van der Waals surface area (Å²) in [5.41, 5.74) is 3.59. The van der Waals surface area contributed by atoms with E-state index in [-0.39, 0.29) is 0 Å². The van der Waals surface area contributed by atoms with E-state index >= 15 is 0 Å². The Kier molecular flexibility index (Phi) is 5.16. The van der Waals surface area contributed by atoms with Crippen LogP contribution < -0.4 is 5.32 Å². The van der Waals surface area contributed by atoms with Crippen LogP contribution in [0.3, 0.4) is 0 Å². The molecule has 0 bridgehead atoms. The molecule has 0 fully saturated rings. The van der Waals surface area contributed by atoms with Gasteiger partial charge in [0.2, 0.25) is 0 Å². The third-order valence-electron chi connectivity index (χ3n) is 3.22. The third-order valence-corrected chi connectivity index (χ3v) is 3.22. The van der Waals surface area contributed by atoms with Crippen molar-refractivity contribution in [3.05, 3.63) is 53.2 Å². The molecule has 0 spiro atoms. The summed E-state index contributed by atoms with van der Waals surface area (Å²) in [5, 5.41) is 3.37. The van der Waals surface area contributed by atoms with Gasteiger partial charge in [-0.25, -0.2) is 0 Å². The third kappa shape index (κ3) is 3.93. The standard InChI is InChI=1S/C16H22N2O/c1-3-8-17-12-16-14(7-9-19-16)10-15-6-5-13(4-2)11-18-15/h5-7,9,11,17H,3-4,8,10,12H2,1-2H3. The SMILES string of the molecule is CCCNCc1occc1Cc1ccc(CC)cn1. The van der Waals surface area contributed by atoms with E-state index in [9.17, 15) is 0 Å². The number of aryl methyl sites for hydroxylation is 1. The van der Waals surface area contributed by atoms with Crippen LogP contribution in [0, 0.1) is 0 Å². The normalized spacial score (nSPS) is 10.8. The van der Waals surface area contributed by atoms with E-state index in [1.54, 1.807) is 6.26 Å². The first kappa shape index (κ1) is 13.8. The van der Waals surface area contributed by atoms with Crippen LogP contribution in [0.15, 0.2) is 35.1 Å². The molecule has 0 aromatic carbocycles. The molecule has 2 heterocycles. The molecular formula is C16H22N2O. The molecule has 2 aromatic rings. The molecule has 3 heteroatoms. The van der Waals surface area contributed by atoms with Crippen LogP contribution in [0.2, 0.25) is 0 Å². The van der Waals surface area contributed by atoms with Gasteiger partial charge in [-0.1, -0.05) is 19.9 Å². The largest absolute Gasteiger partial charge is 0.468 e. The summed E-state index contributed by atoms with van der Waals surface area (Å²) < 4.78 is 5.54. The predicted molar refractivity (Wildman–Crippen MR) is 77.1 cm³/mol. The minimum atomic E-state index is 0.795. The van der Waals surface area contributed by atoms with Crippen LogP contribution in [0.1, 0.15) is 42.8 Å². The fourth-order valence-corrected chi connectivity index (χ4v) is 2.02. The molecule has 0 aliphatic heterocycles. The Labute approximate surface area is 115 Å². The Morgan fingerprint density at radius 3 is 2.79 bits per heavy atom. The topological polar surface area (TPSA) is 38.1 Å². The minimum absolute atomic E-state index is 0.795. The molecule has 0 amide bonds. The fraction of sp³-hybridized carbons (Fsp3) is 0.438. The molecule has 0 atom stereocenters. The number of hydrogen-bond acceptors (Lipinski definition) is 3. The zero-order valence-corrected chi connectivity index (χ0v) is 11.8. The molecule has 19 heavy (non-hydrogen) atoms. The number of rotatable bonds is 7. The van der Waals surface area contributed by atoms with E-state index < -0.39 is 0 Å². The van der Waals surface area contributed by atoms with E-state index in [1.807, 2.05) is 12.3 Å². The van der Waals surface area contributed by atoms with Crippen LogP contribution in [0.25, 0.3) is 0 Å². The van der Waals surface area contributed by atoms with Crippen molar-refractivity contribution in [3.8, 4) is 0 Å². The molecule has 0 radical (unpaired) electrons. The quantitative estimate of drug-likeness (QED) is 0.774. The van der Waals surface area contributed by atoms with Crippen LogP contribution >= 0.6 is 0 Å². The van der Waals surface area contributed by atoms with Crippen molar-refractivity contribution in [1.29, 1.82) is 0 Å². The van der Waals surface area contributed by atoms with E-state index in [0.29, 0.717) is 0 Å². The van der Waals surface area contributed by atoms with E-state index in [4.69, 9.17) is 4.42 Å². The van der Waals surface area contributed by atoms with Crippen molar-refractivity contribution in [3.63, 3.8) is 0 Å². The van der Waals surface area contributed by atoms with Crippen molar-refractivity contribution < 1.29 is 4.42 Å². The van der Waals surface area contributed by atoms with Gasteiger partial charge in [0.05, 0.1) is 12.8 Å². The molecule has 102 valence electrons. The summed E-state index contributed by atoms with van der Waals surface area (Å²) in [5.74, 6) is 1.02. The number of nitrogens with zero attached hydrogens (tertiary/aromatic N) is 1. The number of pyridine rings is 1. The lowest BCUT2D eigenvalue weighted by atomic mass is 10.1. The van der Waals surface area contributed by atoms with Gasteiger partial charge in [-0.3, -0.25) is 4.98 Å². The summed E-state index contributed by atoms with van der Waals surface area (Å²) in [6.45, 7) is 6.12. The Balaban J connectivity index is 1.99. The Bertz CT molecular complexity index is 488. The first-order valence-electron chi connectivity index (χ1n) is 7.03. The molecule has 3 nitrogen and oxygen atoms in total. The van der Waals surface area contributed by atoms with E-state index in [2.05, 4.69) is 36.3 Å². The second kappa shape index (κ2) is 7.10. The minimum Gasteiger partial charge on any atom is -0.468 e. The molecule has 0 saturated carbocycles. The maximum atomic E-state index is 5.54. The molecule has 0 aliphatic rings. The van der Waals surface area contributed by atoms with Crippen molar-refractivity contribution in [2.45, 2.75) is 39.7 Å². The molecule has 0 unspecified atom stereocenters. The van der Waals surface area contributed by atoms with Crippen LogP contribution in [0.5, 0.6) is 0 Å². The van der Waals surface area contributed by atoms with Gasteiger partial charge >= 0.3 is 0 Å². The zero-order chi connectivity index (χ0) is 13.5. The molecule has 1 N–H and O–H groups in total. The number of furan rings is 1. The lowest BCUT2D eigenvalue weighted by molar-refractivity contribution is 0.479. The van der Waals surface area contributed by atoms with Crippen molar-refractivity contribution in [1.82, 2.24) is 10.3 Å². The highest BCUT2D eigenvalue weighted by Crippen LogP contribution is 2.15. The first-order valence-corrected chi connectivity index (χ1v) is 7.03. The summed E-state index contributed by atoms with van der Waals surface area (Å²) in [6, 6.07) is 6.30. The molecule has 2 rings (SSSR count). The van der Waals surface area contributed by atoms with Crippen molar-refractivity contribution in [2.24, 2.45) is 0 Å². The average molecular weight is 258 g/mol. The fourth-order valence-electron chi connectivity index (χ4n) is 2.02. The Morgan fingerprint density at radius 1 is 1.21 bits per heavy atom. The van der Waals surface area contributed by atoms with Gasteiger partial charge in [0, 0.05) is 23.9 Å². The molecular weight excluding hydrogens is 236 g/mol. The summed E-state index contributed by atoms with van der Waals surface area (Å²) in [7, 11) is 0. The summed E-state index contributed by atoms with van der Waals surface area (Å²) in [6.07, 6.45) is 6.73. The van der Waals surface area contributed by atoms with Crippen LogP contribution in [-0.4, -0.2) is 11.5 Å². The van der Waals surface area contributed by atoms with Gasteiger partial charge in [-0.05, 0) is 37.1 Å². The van der Waals surface area contributed by atoms with Gasteiger partial charge in [0.25, 0.3) is 0 Å². The first-order chi connectivity index (χ1) is 9.33. The van der Waals surface area contributed by atoms with Crippen LogP contribution in [0.4, 0.5) is 0 Å². The van der Waals surface area contributed by atoms with Crippen molar-refractivity contribution in [2.75, 3.05) is 6.54 Å². The highest BCUT2D eigenvalue weighted by molar-refractivity contribution is 5.25. The second-order valence-corrected chi connectivity index (χ2v) is 4.73. The molecule has 0 aliphatic carbocycles.